The van der Waals surface area contributed by atoms with Gasteiger partial charge in [-0.15, -0.1) is 0 Å². The number of hydrogen-bond acceptors (Lipinski definition) is 4. The highest BCUT2D eigenvalue weighted by Crippen LogP contribution is 2.25. The first-order valence-electron chi connectivity index (χ1n) is 6.47. The lowest BCUT2D eigenvalue weighted by Gasteiger charge is -2.13. The van der Waals surface area contributed by atoms with Gasteiger partial charge in [-0.05, 0) is 19.3 Å². The smallest absolute Gasteiger partial charge is 0.315 e. The molecule has 7 nitrogen and oxygen atoms in total. The van der Waals surface area contributed by atoms with Gasteiger partial charge < -0.3 is 25.2 Å². The van der Waals surface area contributed by atoms with Crippen LogP contribution in [0.2, 0.25) is 0 Å². The molecular weight excluding hydrogens is 252 g/mol. The molecule has 0 aromatic rings. The zero-order valence-corrected chi connectivity index (χ0v) is 11.2. The van der Waals surface area contributed by atoms with E-state index >= 15 is 0 Å². The van der Waals surface area contributed by atoms with Gasteiger partial charge in [-0.2, -0.15) is 0 Å². The highest BCUT2D eigenvalue weighted by atomic mass is 16.5. The van der Waals surface area contributed by atoms with Crippen LogP contribution in [0.15, 0.2) is 0 Å². The molecule has 0 radical (unpaired) electrons. The third-order valence-electron chi connectivity index (χ3n) is 3.08. The van der Waals surface area contributed by atoms with Crippen LogP contribution in [-0.2, 0) is 14.3 Å². The quantitative estimate of drug-likeness (QED) is 0.549. The minimum Gasteiger partial charge on any atom is -0.481 e. The van der Waals surface area contributed by atoms with Gasteiger partial charge in [-0.25, -0.2) is 4.79 Å². The molecule has 2 unspecified atom stereocenters. The lowest BCUT2D eigenvalue weighted by molar-refractivity contribution is -0.141. The van der Waals surface area contributed by atoms with Gasteiger partial charge >= 0.3 is 12.0 Å². The molecule has 2 atom stereocenters. The van der Waals surface area contributed by atoms with Gasteiger partial charge in [0.2, 0.25) is 0 Å². The Labute approximate surface area is 112 Å². The molecule has 0 aliphatic heterocycles. The summed E-state index contributed by atoms with van der Waals surface area (Å²) in [5.74, 6) is -1.11. The Bertz CT molecular complexity index is 298. The molecule has 3 N–H and O–H groups in total. The molecule has 2 amide bonds. The van der Waals surface area contributed by atoms with Crippen LogP contribution in [-0.4, -0.2) is 56.6 Å². The fourth-order valence-electron chi connectivity index (χ4n) is 2.05. The fraction of sp³-hybridized carbons (Fsp3) is 0.833. The summed E-state index contributed by atoms with van der Waals surface area (Å²) in [7, 11) is 1.60. The highest BCUT2D eigenvalue weighted by molar-refractivity contribution is 5.75. The summed E-state index contributed by atoms with van der Waals surface area (Å²) < 4.78 is 10.0. The van der Waals surface area contributed by atoms with Crippen LogP contribution in [0.4, 0.5) is 4.79 Å². The number of carboxylic acid groups (broad SMARTS) is 1. The number of rotatable bonds is 8. The second-order valence-electron chi connectivity index (χ2n) is 4.55. The van der Waals surface area contributed by atoms with Crippen molar-refractivity contribution in [3.05, 3.63) is 0 Å². The van der Waals surface area contributed by atoms with E-state index in [0.717, 1.165) is 0 Å². The second-order valence-corrected chi connectivity index (χ2v) is 4.55. The average molecular weight is 274 g/mol. The Morgan fingerprint density at radius 2 is 2.05 bits per heavy atom. The summed E-state index contributed by atoms with van der Waals surface area (Å²) in [5.41, 5.74) is 0. The Morgan fingerprint density at radius 3 is 2.68 bits per heavy atom. The van der Waals surface area contributed by atoms with Crippen molar-refractivity contribution in [2.24, 2.45) is 5.92 Å². The lowest BCUT2D eigenvalue weighted by atomic mass is 10.1. The number of aliphatic carboxylic acids is 1. The Morgan fingerprint density at radius 1 is 1.26 bits per heavy atom. The first-order valence-corrected chi connectivity index (χ1v) is 6.47. The van der Waals surface area contributed by atoms with Crippen molar-refractivity contribution in [3.63, 3.8) is 0 Å². The number of ether oxygens (including phenoxy) is 2. The van der Waals surface area contributed by atoms with Crippen LogP contribution >= 0.6 is 0 Å². The molecular formula is C12H22N2O5. The summed E-state index contributed by atoms with van der Waals surface area (Å²) in [6.45, 7) is 1.89. The maximum Gasteiger partial charge on any atom is 0.315 e. The van der Waals surface area contributed by atoms with Crippen LogP contribution in [0.1, 0.15) is 19.3 Å². The van der Waals surface area contributed by atoms with Gasteiger partial charge in [0.05, 0.1) is 25.7 Å². The molecule has 1 aliphatic rings. The molecule has 0 aromatic heterocycles. The topological polar surface area (TPSA) is 96.9 Å². The van der Waals surface area contributed by atoms with E-state index in [-0.39, 0.29) is 18.0 Å². The Kier molecular flexibility index (Phi) is 7.20. The van der Waals surface area contributed by atoms with E-state index in [0.29, 0.717) is 45.6 Å². The predicted octanol–water partition coefficient (Wildman–Crippen LogP) is 0.202. The average Bonchev–Trinajstić information content (AvgIpc) is 2.82. The zero-order chi connectivity index (χ0) is 14.1. The molecule has 0 heterocycles. The van der Waals surface area contributed by atoms with Crippen LogP contribution in [0, 0.1) is 5.92 Å². The molecule has 1 fully saturated rings. The largest absolute Gasteiger partial charge is 0.481 e. The monoisotopic (exact) mass is 274 g/mol. The van der Waals surface area contributed by atoms with Gasteiger partial charge in [0.25, 0.3) is 0 Å². The van der Waals surface area contributed by atoms with Crippen molar-refractivity contribution in [3.8, 4) is 0 Å². The van der Waals surface area contributed by atoms with E-state index in [4.69, 9.17) is 14.6 Å². The van der Waals surface area contributed by atoms with Gasteiger partial charge in [-0.3, -0.25) is 4.79 Å². The summed E-state index contributed by atoms with van der Waals surface area (Å²) >= 11 is 0. The number of carbonyl (C=O) groups excluding carboxylic acids is 1. The number of urea groups is 1. The molecule has 7 heteroatoms. The third-order valence-corrected chi connectivity index (χ3v) is 3.08. The summed E-state index contributed by atoms with van der Waals surface area (Å²) in [6.07, 6.45) is 1.85. The standard InChI is InChI=1S/C12H22N2O5/c1-18-6-7-19-5-4-13-12(17)14-10-3-2-9(8-10)11(15)16/h9-10H,2-8H2,1H3,(H,15,16)(H2,13,14,17). The molecule has 0 spiro atoms. The van der Waals surface area contributed by atoms with Crippen molar-refractivity contribution >= 4 is 12.0 Å². The molecule has 1 rings (SSSR count). The van der Waals surface area contributed by atoms with E-state index in [1.807, 2.05) is 0 Å². The van der Waals surface area contributed by atoms with Gasteiger partial charge in [0.1, 0.15) is 0 Å². The number of carboxylic acids is 1. The first-order chi connectivity index (χ1) is 9.13. The number of carbonyl (C=O) groups is 2. The van der Waals surface area contributed by atoms with Crippen molar-refractivity contribution in [1.82, 2.24) is 10.6 Å². The predicted molar refractivity (Wildman–Crippen MR) is 68.0 cm³/mol. The molecule has 0 aromatic carbocycles. The van der Waals surface area contributed by atoms with Crippen molar-refractivity contribution in [2.75, 3.05) is 33.5 Å². The van der Waals surface area contributed by atoms with E-state index in [1.54, 1.807) is 7.11 Å². The van der Waals surface area contributed by atoms with E-state index in [9.17, 15) is 9.59 Å². The maximum absolute atomic E-state index is 11.5. The van der Waals surface area contributed by atoms with Gasteiger partial charge in [0.15, 0.2) is 0 Å². The van der Waals surface area contributed by atoms with Gasteiger partial charge in [0, 0.05) is 19.7 Å². The van der Waals surface area contributed by atoms with E-state index in [2.05, 4.69) is 10.6 Å². The van der Waals surface area contributed by atoms with Crippen LogP contribution in [0.3, 0.4) is 0 Å². The molecule has 0 bridgehead atoms. The van der Waals surface area contributed by atoms with Crippen molar-refractivity contribution in [1.29, 1.82) is 0 Å². The van der Waals surface area contributed by atoms with Crippen LogP contribution in [0.5, 0.6) is 0 Å². The van der Waals surface area contributed by atoms with E-state index < -0.39 is 5.97 Å². The van der Waals surface area contributed by atoms with Crippen LogP contribution in [0.25, 0.3) is 0 Å². The SMILES string of the molecule is COCCOCCNC(=O)NC1CCC(C(=O)O)C1. The Hall–Kier alpha value is -1.34. The van der Waals surface area contributed by atoms with Gasteiger partial charge in [-0.1, -0.05) is 0 Å². The van der Waals surface area contributed by atoms with Crippen molar-refractivity contribution in [2.45, 2.75) is 25.3 Å². The number of hydrogen-bond donors (Lipinski definition) is 3. The molecule has 0 saturated heterocycles. The number of amides is 2. The molecule has 1 saturated carbocycles. The van der Waals surface area contributed by atoms with E-state index in [1.165, 1.54) is 0 Å². The van der Waals surface area contributed by atoms with Crippen molar-refractivity contribution < 1.29 is 24.2 Å². The maximum atomic E-state index is 11.5. The minimum absolute atomic E-state index is 0.0458. The zero-order valence-electron chi connectivity index (χ0n) is 11.2. The number of methoxy groups -OCH3 is 1. The fourth-order valence-corrected chi connectivity index (χ4v) is 2.05. The summed E-state index contributed by atoms with van der Waals surface area (Å²) in [6, 6.07) is -0.318. The van der Waals surface area contributed by atoms with Crippen LogP contribution < -0.4 is 10.6 Å². The summed E-state index contributed by atoms with van der Waals surface area (Å²) in [5, 5.41) is 14.3. The molecule has 110 valence electrons. The number of nitrogens with one attached hydrogen (secondary N) is 2. The lowest BCUT2D eigenvalue weighted by Crippen LogP contribution is -2.42. The summed E-state index contributed by atoms with van der Waals surface area (Å²) in [4.78, 5) is 22.3. The second kappa shape index (κ2) is 8.71. The first kappa shape index (κ1) is 15.7. The third kappa shape index (κ3) is 6.40. The minimum atomic E-state index is -0.781. The molecule has 1 aliphatic carbocycles. The Balaban J connectivity index is 2.04. The highest BCUT2D eigenvalue weighted by Gasteiger charge is 2.30. The normalized spacial score (nSPS) is 22.2. The molecule has 19 heavy (non-hydrogen) atoms.